The molecule has 0 saturated heterocycles. The standard InChI is InChI=1S/C9H22OSi.C6H12O.2H2O.Ti/c1-7(2)11(10,8(3)4)9(5)6;7-6-4-2-1-3-5-6;;;/h7-10H,1-6H3;6-7H,1-5H2;2*1H2;. The maximum absolute atomic E-state index is 10.4. The minimum absolute atomic E-state index is 0. The second-order valence-corrected chi connectivity index (χ2v) is 11.9. The molecule has 0 aromatic heterocycles. The van der Waals surface area contributed by atoms with Gasteiger partial charge in [0.05, 0.1) is 6.10 Å². The van der Waals surface area contributed by atoms with Crippen LogP contribution in [0.25, 0.3) is 0 Å². The van der Waals surface area contributed by atoms with Gasteiger partial charge < -0.3 is 20.9 Å². The fourth-order valence-corrected chi connectivity index (χ4v) is 7.08. The predicted octanol–water partition coefficient (Wildman–Crippen LogP) is 2.81. The van der Waals surface area contributed by atoms with E-state index in [0.717, 1.165) is 12.8 Å². The molecule has 0 heterocycles. The van der Waals surface area contributed by atoms with Gasteiger partial charge in [0, 0.05) is 21.7 Å². The summed E-state index contributed by atoms with van der Waals surface area (Å²) in [4.78, 5) is 10.4. The van der Waals surface area contributed by atoms with Crippen molar-refractivity contribution in [1.29, 1.82) is 0 Å². The second-order valence-electron chi connectivity index (χ2n) is 6.64. The van der Waals surface area contributed by atoms with Crippen LogP contribution in [0.2, 0.25) is 16.6 Å². The molecule has 0 unspecified atom stereocenters. The van der Waals surface area contributed by atoms with Crippen molar-refractivity contribution in [3.8, 4) is 0 Å². The van der Waals surface area contributed by atoms with E-state index in [1.165, 1.54) is 19.3 Å². The first-order valence-corrected chi connectivity index (χ1v) is 9.81. The molecule has 1 saturated carbocycles. The minimum Gasteiger partial charge on any atom is -0.431 e. The van der Waals surface area contributed by atoms with E-state index in [0.29, 0.717) is 16.6 Å². The SMILES string of the molecule is CC(C)[Si](O)(C(C)C)C(C)C.O.O.OC1CCCCC1.[Ti]. The molecule has 130 valence electrons. The monoisotopic (exact) mass is 358 g/mol. The molecule has 0 aliphatic heterocycles. The molecule has 6 heteroatoms. The van der Waals surface area contributed by atoms with E-state index in [1.54, 1.807) is 0 Å². The molecule has 0 bridgehead atoms. The molecular weight excluding hydrogens is 320 g/mol. The van der Waals surface area contributed by atoms with Crippen LogP contribution in [0.3, 0.4) is 0 Å². The fraction of sp³-hybridized carbons (Fsp3) is 1.00. The molecule has 1 rings (SSSR count). The second kappa shape index (κ2) is 14.4. The summed E-state index contributed by atoms with van der Waals surface area (Å²) >= 11 is 0. The van der Waals surface area contributed by atoms with Gasteiger partial charge in [-0.1, -0.05) is 60.8 Å². The zero-order valence-corrected chi connectivity index (χ0v) is 17.3. The molecule has 0 radical (unpaired) electrons. The number of rotatable bonds is 3. The van der Waals surface area contributed by atoms with Crippen molar-refractivity contribution in [2.45, 2.75) is 96.4 Å². The summed E-state index contributed by atoms with van der Waals surface area (Å²) < 4.78 is 0. The Morgan fingerprint density at radius 2 is 1.05 bits per heavy atom. The van der Waals surface area contributed by atoms with Gasteiger partial charge in [-0.3, -0.25) is 0 Å². The van der Waals surface area contributed by atoms with E-state index in [1.807, 2.05) is 0 Å². The summed E-state index contributed by atoms with van der Waals surface area (Å²) in [7, 11) is -1.98. The Morgan fingerprint density at radius 3 is 1.14 bits per heavy atom. The van der Waals surface area contributed by atoms with E-state index in [9.17, 15) is 4.80 Å². The normalized spacial score (nSPS) is 15.6. The zero-order chi connectivity index (χ0) is 14.3. The predicted molar refractivity (Wildman–Crippen MR) is 89.6 cm³/mol. The van der Waals surface area contributed by atoms with E-state index < -0.39 is 8.32 Å². The van der Waals surface area contributed by atoms with E-state index in [4.69, 9.17) is 5.11 Å². The first kappa shape index (κ1) is 29.7. The molecule has 6 N–H and O–H groups in total. The first-order chi connectivity index (χ1) is 8.22. The van der Waals surface area contributed by atoms with Gasteiger partial charge in [-0.2, -0.15) is 0 Å². The number of hydrogen-bond donors (Lipinski definition) is 2. The first-order valence-electron chi connectivity index (χ1n) is 7.63. The molecule has 0 spiro atoms. The molecule has 0 atom stereocenters. The van der Waals surface area contributed by atoms with Crippen LogP contribution in [0.15, 0.2) is 0 Å². The van der Waals surface area contributed by atoms with Crippen molar-refractivity contribution >= 4 is 8.32 Å². The molecule has 0 amide bonds. The Kier molecular flexibility index (Phi) is 20.4. The third kappa shape index (κ3) is 10.2. The average molecular weight is 358 g/mol. The molecule has 4 nitrogen and oxygen atoms in total. The van der Waals surface area contributed by atoms with E-state index in [-0.39, 0.29) is 38.8 Å². The maximum Gasteiger partial charge on any atom is 0.196 e. The summed E-state index contributed by atoms with van der Waals surface area (Å²) in [6.07, 6.45) is 5.92. The quantitative estimate of drug-likeness (QED) is 0.758. The van der Waals surface area contributed by atoms with Crippen LogP contribution in [-0.4, -0.2) is 35.3 Å². The average Bonchev–Trinajstić information content (AvgIpc) is 2.28. The molecule has 1 aliphatic carbocycles. The number of hydrogen-bond acceptors (Lipinski definition) is 2. The van der Waals surface area contributed by atoms with Gasteiger partial charge in [0.2, 0.25) is 0 Å². The van der Waals surface area contributed by atoms with Crippen molar-refractivity contribution in [2.75, 3.05) is 0 Å². The van der Waals surface area contributed by atoms with E-state index in [2.05, 4.69) is 41.5 Å². The summed E-state index contributed by atoms with van der Waals surface area (Å²) in [5, 5.41) is 8.91. The minimum atomic E-state index is -1.98. The Bertz CT molecular complexity index is 198. The van der Waals surface area contributed by atoms with Gasteiger partial charge >= 0.3 is 0 Å². The third-order valence-electron chi connectivity index (χ3n) is 4.35. The smallest absolute Gasteiger partial charge is 0.196 e. The molecule has 1 aliphatic rings. The molecule has 0 aromatic rings. The van der Waals surface area contributed by atoms with Crippen LogP contribution in [0, 0.1) is 0 Å². The number of aliphatic hydroxyl groups is 1. The van der Waals surface area contributed by atoms with Crippen LogP contribution in [0.5, 0.6) is 0 Å². The van der Waals surface area contributed by atoms with Crippen molar-refractivity contribution < 1.29 is 42.6 Å². The van der Waals surface area contributed by atoms with Gasteiger partial charge in [0.15, 0.2) is 8.32 Å². The summed E-state index contributed by atoms with van der Waals surface area (Å²) in [5.41, 5.74) is 1.42. The van der Waals surface area contributed by atoms with Gasteiger partial charge in [-0.15, -0.1) is 0 Å². The third-order valence-corrected chi connectivity index (χ3v) is 9.90. The van der Waals surface area contributed by atoms with Crippen LogP contribution in [0.1, 0.15) is 73.6 Å². The van der Waals surface area contributed by atoms with Crippen LogP contribution >= 0.6 is 0 Å². The summed E-state index contributed by atoms with van der Waals surface area (Å²) in [6, 6.07) is 0. The Morgan fingerprint density at radius 1 is 0.762 bits per heavy atom. The van der Waals surface area contributed by atoms with Crippen LogP contribution < -0.4 is 0 Å². The largest absolute Gasteiger partial charge is 0.431 e. The Balaban J connectivity index is -0.000000127. The maximum atomic E-state index is 10.4. The van der Waals surface area contributed by atoms with Gasteiger partial charge in [-0.05, 0) is 29.5 Å². The van der Waals surface area contributed by atoms with Gasteiger partial charge in [0.25, 0.3) is 0 Å². The van der Waals surface area contributed by atoms with Crippen molar-refractivity contribution in [1.82, 2.24) is 0 Å². The Labute approximate surface area is 147 Å². The van der Waals surface area contributed by atoms with Crippen LogP contribution in [-0.2, 0) is 21.7 Å². The van der Waals surface area contributed by atoms with Crippen molar-refractivity contribution in [3.63, 3.8) is 0 Å². The van der Waals surface area contributed by atoms with Gasteiger partial charge in [0.1, 0.15) is 0 Å². The molecule has 0 aromatic carbocycles. The van der Waals surface area contributed by atoms with Crippen LogP contribution in [0.4, 0.5) is 0 Å². The molecule has 1 fully saturated rings. The summed E-state index contributed by atoms with van der Waals surface area (Å²) in [6.45, 7) is 12.9. The number of aliphatic hydroxyl groups excluding tert-OH is 1. The molecule has 21 heavy (non-hydrogen) atoms. The summed E-state index contributed by atoms with van der Waals surface area (Å²) in [5.74, 6) is 0. The van der Waals surface area contributed by atoms with E-state index >= 15 is 0 Å². The topological polar surface area (TPSA) is 103 Å². The fourth-order valence-electron chi connectivity index (χ4n) is 3.08. The Hall–Kier alpha value is 0.771. The van der Waals surface area contributed by atoms with Crippen molar-refractivity contribution in [2.24, 2.45) is 0 Å². The van der Waals surface area contributed by atoms with Gasteiger partial charge in [-0.25, -0.2) is 0 Å². The van der Waals surface area contributed by atoms with Crippen molar-refractivity contribution in [3.05, 3.63) is 0 Å². The zero-order valence-electron chi connectivity index (χ0n) is 14.7. The molecular formula is C15H38O4SiTi.